The lowest BCUT2D eigenvalue weighted by Gasteiger charge is -2.20. The van der Waals surface area contributed by atoms with Gasteiger partial charge < -0.3 is 10.1 Å². The lowest BCUT2D eigenvalue weighted by atomic mass is 9.98. The Morgan fingerprint density at radius 1 is 1.25 bits per heavy atom. The van der Waals surface area contributed by atoms with Crippen molar-refractivity contribution >= 4 is 0 Å². The highest BCUT2D eigenvalue weighted by Gasteiger charge is 2.22. The summed E-state index contributed by atoms with van der Waals surface area (Å²) >= 11 is 0. The quantitative estimate of drug-likeness (QED) is 0.498. The maximum Gasteiger partial charge on any atom is 0.203 e. The Labute approximate surface area is 114 Å². The van der Waals surface area contributed by atoms with Crippen LogP contribution in [0.4, 0.5) is 17.6 Å². The molecule has 0 saturated heterocycles. The molecule has 0 saturated carbocycles. The van der Waals surface area contributed by atoms with Crippen molar-refractivity contribution < 1.29 is 22.3 Å². The molecule has 0 aliphatic heterocycles. The largest absolute Gasteiger partial charge is 0.487 e. The molecule has 20 heavy (non-hydrogen) atoms. The van der Waals surface area contributed by atoms with Crippen molar-refractivity contribution in [3.8, 4) is 11.8 Å². The summed E-state index contributed by atoms with van der Waals surface area (Å²) in [5.41, 5.74) is -0.798. The number of nitrogens with zero attached hydrogens (tertiary/aromatic N) is 1. The maximum absolute atomic E-state index is 13.3. The summed E-state index contributed by atoms with van der Waals surface area (Å²) in [4.78, 5) is 0. The minimum absolute atomic E-state index is 0.116. The highest BCUT2D eigenvalue weighted by Crippen LogP contribution is 2.26. The van der Waals surface area contributed by atoms with E-state index in [1.807, 2.05) is 6.07 Å². The van der Waals surface area contributed by atoms with Gasteiger partial charge in [-0.1, -0.05) is 0 Å². The van der Waals surface area contributed by atoms with Crippen molar-refractivity contribution in [2.24, 2.45) is 0 Å². The van der Waals surface area contributed by atoms with E-state index in [1.54, 1.807) is 14.0 Å². The van der Waals surface area contributed by atoms with Crippen molar-refractivity contribution in [2.75, 3.05) is 13.7 Å². The van der Waals surface area contributed by atoms with Gasteiger partial charge in [-0.25, -0.2) is 8.78 Å². The molecule has 0 aliphatic carbocycles. The predicted molar refractivity (Wildman–Crippen MR) is 64.1 cm³/mol. The second kappa shape index (κ2) is 6.57. The van der Waals surface area contributed by atoms with Crippen molar-refractivity contribution in [3.05, 3.63) is 29.3 Å². The van der Waals surface area contributed by atoms with Gasteiger partial charge in [0.25, 0.3) is 0 Å². The first-order chi connectivity index (χ1) is 9.34. The first-order valence-electron chi connectivity index (χ1n) is 5.90. The summed E-state index contributed by atoms with van der Waals surface area (Å²) in [6.45, 7) is 1.48. The van der Waals surface area contributed by atoms with Crippen molar-refractivity contribution in [3.63, 3.8) is 0 Å². The molecule has 1 rings (SSSR count). The first-order valence-corrected chi connectivity index (χ1v) is 5.90. The van der Waals surface area contributed by atoms with E-state index in [4.69, 9.17) is 10.00 Å². The summed E-state index contributed by atoms with van der Waals surface area (Å²) < 4.78 is 57.1. The summed E-state index contributed by atoms with van der Waals surface area (Å²) in [7, 11) is 1.60. The van der Waals surface area contributed by atoms with Crippen LogP contribution in [0.5, 0.6) is 5.75 Å². The maximum atomic E-state index is 13.3. The van der Waals surface area contributed by atoms with Crippen LogP contribution in [0.15, 0.2) is 6.07 Å². The van der Waals surface area contributed by atoms with E-state index in [-0.39, 0.29) is 19.1 Å². The fraction of sp³-hybridized carbons (Fsp3) is 0.462. The average Bonchev–Trinajstić information content (AvgIpc) is 2.44. The second-order valence-corrected chi connectivity index (χ2v) is 4.44. The Bertz CT molecular complexity index is 504. The van der Waals surface area contributed by atoms with Gasteiger partial charge in [0.1, 0.15) is 5.54 Å². The minimum Gasteiger partial charge on any atom is -0.487 e. The van der Waals surface area contributed by atoms with Gasteiger partial charge in [0.2, 0.25) is 11.6 Å². The number of halogens is 4. The molecule has 0 bridgehead atoms. The number of nitrogens with one attached hydrogen (secondary N) is 1. The van der Waals surface area contributed by atoms with E-state index in [9.17, 15) is 17.6 Å². The summed E-state index contributed by atoms with van der Waals surface area (Å²) in [6, 6.07) is 2.15. The van der Waals surface area contributed by atoms with Crippen LogP contribution in [-0.2, 0) is 0 Å². The zero-order valence-electron chi connectivity index (χ0n) is 11.1. The van der Waals surface area contributed by atoms with Crippen LogP contribution < -0.4 is 10.1 Å². The van der Waals surface area contributed by atoms with E-state index in [0.29, 0.717) is 6.42 Å². The van der Waals surface area contributed by atoms with Gasteiger partial charge in [0.15, 0.2) is 17.4 Å². The van der Waals surface area contributed by atoms with Gasteiger partial charge in [-0.3, -0.25) is 0 Å². The lowest BCUT2D eigenvalue weighted by Crippen LogP contribution is -2.38. The monoisotopic (exact) mass is 290 g/mol. The van der Waals surface area contributed by atoms with Crippen LogP contribution in [0.2, 0.25) is 0 Å². The molecular formula is C13H14F4N2O. The van der Waals surface area contributed by atoms with Crippen LogP contribution in [0.1, 0.15) is 19.8 Å². The highest BCUT2D eigenvalue weighted by molar-refractivity contribution is 5.28. The summed E-state index contributed by atoms with van der Waals surface area (Å²) in [5.74, 6) is -7.25. The standard InChI is InChI=1S/C13H14F4N2O/c1-13(7-18,19-2)4-3-5-20-12-10(16)8(14)6-9(15)11(12)17/h6,19H,3-5H2,1-2H3. The molecule has 1 atom stereocenters. The van der Waals surface area contributed by atoms with Crippen LogP contribution in [0, 0.1) is 34.6 Å². The van der Waals surface area contributed by atoms with Crippen LogP contribution in [-0.4, -0.2) is 19.2 Å². The molecule has 1 unspecified atom stereocenters. The Morgan fingerprint density at radius 3 is 2.25 bits per heavy atom. The fourth-order valence-corrected chi connectivity index (χ4v) is 1.51. The number of hydrogen-bond donors (Lipinski definition) is 1. The normalized spacial score (nSPS) is 13.7. The first kappa shape index (κ1) is 16.2. The lowest BCUT2D eigenvalue weighted by molar-refractivity contribution is 0.254. The molecule has 1 aromatic rings. The highest BCUT2D eigenvalue weighted by atomic mass is 19.2. The molecule has 1 N–H and O–H groups in total. The third-order valence-electron chi connectivity index (χ3n) is 2.94. The molecule has 0 aromatic heterocycles. The molecule has 0 spiro atoms. The molecular weight excluding hydrogens is 276 g/mol. The third kappa shape index (κ3) is 3.61. The Hall–Kier alpha value is -1.81. The predicted octanol–water partition coefficient (Wildman–Crippen LogP) is 2.90. The summed E-state index contributed by atoms with van der Waals surface area (Å²) in [5, 5.41) is 11.7. The van der Waals surface area contributed by atoms with E-state index < -0.39 is 34.6 Å². The number of rotatable bonds is 6. The average molecular weight is 290 g/mol. The zero-order valence-corrected chi connectivity index (χ0v) is 11.1. The molecule has 1 aromatic carbocycles. The molecule has 3 nitrogen and oxygen atoms in total. The van der Waals surface area contributed by atoms with Gasteiger partial charge in [-0.2, -0.15) is 14.0 Å². The van der Waals surface area contributed by atoms with Crippen molar-refractivity contribution in [1.29, 1.82) is 5.26 Å². The van der Waals surface area contributed by atoms with E-state index in [0.717, 1.165) is 0 Å². The number of benzene rings is 1. The minimum atomic E-state index is -1.57. The summed E-state index contributed by atoms with van der Waals surface area (Å²) in [6.07, 6.45) is 0.628. The fourth-order valence-electron chi connectivity index (χ4n) is 1.51. The molecule has 0 amide bonds. The van der Waals surface area contributed by atoms with Gasteiger partial charge in [0.05, 0.1) is 12.7 Å². The van der Waals surface area contributed by atoms with Gasteiger partial charge >= 0.3 is 0 Å². The van der Waals surface area contributed by atoms with Crippen LogP contribution in [0.25, 0.3) is 0 Å². The second-order valence-electron chi connectivity index (χ2n) is 4.44. The number of nitriles is 1. The Morgan fingerprint density at radius 2 is 1.80 bits per heavy atom. The topological polar surface area (TPSA) is 45.0 Å². The van der Waals surface area contributed by atoms with Crippen molar-refractivity contribution in [1.82, 2.24) is 5.32 Å². The molecule has 110 valence electrons. The zero-order chi connectivity index (χ0) is 15.3. The van der Waals surface area contributed by atoms with Gasteiger partial charge in [-0.05, 0) is 26.8 Å². The smallest absolute Gasteiger partial charge is 0.203 e. The molecule has 0 radical (unpaired) electrons. The SMILES string of the molecule is CNC(C)(C#N)CCCOc1c(F)c(F)cc(F)c1F. The van der Waals surface area contributed by atoms with E-state index in [2.05, 4.69) is 5.32 Å². The molecule has 0 aliphatic rings. The molecule has 7 heteroatoms. The van der Waals surface area contributed by atoms with Crippen LogP contribution >= 0.6 is 0 Å². The van der Waals surface area contributed by atoms with Gasteiger partial charge in [0, 0.05) is 6.07 Å². The van der Waals surface area contributed by atoms with Crippen LogP contribution in [0.3, 0.4) is 0 Å². The molecule has 0 heterocycles. The number of ether oxygens (including phenoxy) is 1. The Balaban J connectivity index is 2.66. The van der Waals surface area contributed by atoms with Crippen molar-refractivity contribution in [2.45, 2.75) is 25.3 Å². The van der Waals surface area contributed by atoms with E-state index >= 15 is 0 Å². The molecule has 0 fully saturated rings. The number of hydrogen-bond acceptors (Lipinski definition) is 3. The Kier molecular flexibility index (Phi) is 5.34. The third-order valence-corrected chi connectivity index (χ3v) is 2.94. The van der Waals surface area contributed by atoms with Gasteiger partial charge in [-0.15, -0.1) is 0 Å². The van der Waals surface area contributed by atoms with E-state index in [1.165, 1.54) is 0 Å².